The van der Waals surface area contributed by atoms with Crippen molar-refractivity contribution in [3.63, 3.8) is 0 Å². The monoisotopic (exact) mass is 759 g/mol. The SMILES string of the molecule is COc1nc(-c2cccc(-c3cccc4c3CC[C@@H]4Oc3nc(OC)c(CN4C[C@H](C(=O)O)[C@@H](C)C4)cc3Cl)c2Cl)ccc1CNC[C@@H]1CCC(=O)N1. The lowest BCUT2D eigenvalue weighted by atomic mass is 9.94. The number of halogens is 2. The highest BCUT2D eigenvalue weighted by atomic mass is 35.5. The van der Waals surface area contributed by atoms with E-state index in [-0.39, 0.29) is 29.9 Å². The molecule has 3 aliphatic rings. The van der Waals surface area contributed by atoms with Gasteiger partial charge in [-0.05, 0) is 54.0 Å². The summed E-state index contributed by atoms with van der Waals surface area (Å²) >= 11 is 13.9. The largest absolute Gasteiger partial charge is 0.481 e. The number of aromatic nitrogens is 2. The number of fused-ring (bicyclic) bond motifs is 1. The molecule has 0 bridgehead atoms. The summed E-state index contributed by atoms with van der Waals surface area (Å²) in [5, 5.41) is 16.9. The third kappa shape index (κ3) is 7.80. The van der Waals surface area contributed by atoms with Crippen LogP contribution in [0.4, 0.5) is 0 Å². The van der Waals surface area contributed by atoms with Crippen LogP contribution in [-0.4, -0.2) is 71.7 Å². The average molecular weight is 761 g/mol. The normalized spacial score (nSPS) is 21.0. The van der Waals surface area contributed by atoms with Gasteiger partial charge in [-0.2, -0.15) is 4.98 Å². The summed E-state index contributed by atoms with van der Waals surface area (Å²) in [6.07, 6.45) is 2.64. The van der Waals surface area contributed by atoms with Crippen molar-refractivity contribution in [1.29, 1.82) is 0 Å². The van der Waals surface area contributed by atoms with Crippen molar-refractivity contribution in [1.82, 2.24) is 25.5 Å². The predicted molar refractivity (Wildman–Crippen MR) is 203 cm³/mol. The number of likely N-dealkylation sites (tertiary alicyclic amines) is 1. The number of carbonyl (C=O) groups is 2. The van der Waals surface area contributed by atoms with Crippen LogP contribution in [0, 0.1) is 11.8 Å². The van der Waals surface area contributed by atoms with Crippen LogP contribution in [0.3, 0.4) is 0 Å². The molecule has 2 saturated heterocycles. The maximum absolute atomic E-state index is 11.6. The van der Waals surface area contributed by atoms with E-state index in [1.54, 1.807) is 14.2 Å². The van der Waals surface area contributed by atoms with Crippen molar-refractivity contribution >= 4 is 35.1 Å². The highest BCUT2D eigenvalue weighted by Crippen LogP contribution is 2.45. The molecule has 1 amide bonds. The van der Waals surface area contributed by atoms with E-state index in [0.29, 0.717) is 66.6 Å². The average Bonchev–Trinajstić information content (AvgIpc) is 3.87. The maximum Gasteiger partial charge on any atom is 0.308 e. The van der Waals surface area contributed by atoms with Gasteiger partial charge in [0.05, 0.1) is 30.9 Å². The molecule has 0 unspecified atom stereocenters. The summed E-state index contributed by atoms with van der Waals surface area (Å²) in [6, 6.07) is 18.0. The fraction of sp³-hybridized carbons (Fsp3) is 0.400. The molecule has 0 radical (unpaired) electrons. The molecule has 13 heteroatoms. The summed E-state index contributed by atoms with van der Waals surface area (Å²) in [5.41, 5.74) is 7.31. The Hall–Kier alpha value is -4.42. The highest BCUT2D eigenvalue weighted by molar-refractivity contribution is 6.36. The van der Waals surface area contributed by atoms with E-state index in [2.05, 4.69) is 32.7 Å². The molecular formula is C40H43Cl2N5O6. The fourth-order valence-electron chi connectivity index (χ4n) is 7.83. The minimum atomic E-state index is -0.775. The summed E-state index contributed by atoms with van der Waals surface area (Å²) in [7, 11) is 3.17. The van der Waals surface area contributed by atoms with E-state index in [0.717, 1.165) is 58.2 Å². The maximum atomic E-state index is 11.6. The van der Waals surface area contributed by atoms with E-state index in [4.69, 9.17) is 42.4 Å². The van der Waals surface area contributed by atoms with Crippen molar-refractivity contribution in [2.24, 2.45) is 11.8 Å². The molecule has 3 N–H and O–H groups in total. The molecule has 4 atom stereocenters. The van der Waals surface area contributed by atoms with Gasteiger partial charge in [0.1, 0.15) is 11.1 Å². The minimum absolute atomic E-state index is 0.0498. The lowest BCUT2D eigenvalue weighted by Crippen LogP contribution is -2.35. The zero-order valence-corrected chi connectivity index (χ0v) is 31.5. The van der Waals surface area contributed by atoms with Gasteiger partial charge in [-0.15, -0.1) is 0 Å². The Kier molecular flexibility index (Phi) is 11.1. The Morgan fingerprint density at radius 2 is 1.70 bits per heavy atom. The Morgan fingerprint density at radius 3 is 2.43 bits per heavy atom. The number of ether oxygens (including phenoxy) is 3. The number of rotatable bonds is 13. The number of hydrogen-bond acceptors (Lipinski definition) is 9. The lowest BCUT2D eigenvalue weighted by molar-refractivity contribution is -0.142. The number of methoxy groups -OCH3 is 2. The number of carboxylic acids is 1. The Labute approximate surface area is 319 Å². The van der Waals surface area contributed by atoms with Gasteiger partial charge in [-0.3, -0.25) is 14.5 Å². The third-order valence-corrected chi connectivity index (χ3v) is 11.2. The number of aliphatic carboxylic acids is 1. The van der Waals surface area contributed by atoms with E-state index < -0.39 is 11.9 Å². The molecule has 0 saturated carbocycles. The van der Waals surface area contributed by atoms with Crippen LogP contribution < -0.4 is 24.8 Å². The van der Waals surface area contributed by atoms with Gasteiger partial charge in [0.25, 0.3) is 0 Å². The van der Waals surface area contributed by atoms with Crippen LogP contribution in [0.1, 0.15) is 54.5 Å². The summed E-state index contributed by atoms with van der Waals surface area (Å²) in [4.78, 5) is 34.8. The molecule has 2 aromatic heterocycles. The summed E-state index contributed by atoms with van der Waals surface area (Å²) < 4.78 is 17.8. The number of amides is 1. The smallest absolute Gasteiger partial charge is 0.308 e. The highest BCUT2D eigenvalue weighted by Gasteiger charge is 2.35. The van der Waals surface area contributed by atoms with Crippen molar-refractivity contribution < 1.29 is 28.9 Å². The first-order chi connectivity index (χ1) is 25.6. The molecule has 7 rings (SSSR count). The van der Waals surface area contributed by atoms with E-state index in [1.165, 1.54) is 0 Å². The summed E-state index contributed by atoms with van der Waals surface area (Å²) in [5.74, 6) is 0.175. The van der Waals surface area contributed by atoms with Crippen molar-refractivity contribution in [2.45, 2.75) is 57.8 Å². The number of carbonyl (C=O) groups excluding carboxylic acids is 1. The van der Waals surface area contributed by atoms with E-state index in [9.17, 15) is 14.7 Å². The van der Waals surface area contributed by atoms with Crippen molar-refractivity contribution in [2.75, 3.05) is 33.9 Å². The van der Waals surface area contributed by atoms with Gasteiger partial charge in [-0.25, -0.2) is 4.98 Å². The molecule has 1 aliphatic carbocycles. The molecule has 2 aromatic carbocycles. The second-order valence-electron chi connectivity index (χ2n) is 14.0. The fourth-order valence-corrected chi connectivity index (χ4v) is 8.37. The van der Waals surface area contributed by atoms with Gasteiger partial charge in [0.15, 0.2) is 0 Å². The van der Waals surface area contributed by atoms with Crippen molar-refractivity contribution in [3.8, 4) is 40.0 Å². The second-order valence-corrected chi connectivity index (χ2v) is 14.8. The molecule has 0 spiro atoms. The minimum Gasteiger partial charge on any atom is -0.481 e. The first kappa shape index (κ1) is 36.9. The lowest BCUT2D eigenvalue weighted by Gasteiger charge is -2.20. The molecule has 53 heavy (non-hydrogen) atoms. The van der Waals surface area contributed by atoms with Crippen LogP contribution in [0.25, 0.3) is 22.4 Å². The second kappa shape index (κ2) is 15.9. The van der Waals surface area contributed by atoms with Crippen LogP contribution in [-0.2, 0) is 29.1 Å². The van der Waals surface area contributed by atoms with Crippen LogP contribution in [0.2, 0.25) is 10.0 Å². The van der Waals surface area contributed by atoms with Gasteiger partial charge >= 0.3 is 5.97 Å². The van der Waals surface area contributed by atoms with Gasteiger partial charge in [0, 0.05) is 67.4 Å². The van der Waals surface area contributed by atoms with E-state index in [1.807, 2.05) is 49.4 Å². The number of carboxylic acid groups (broad SMARTS) is 1. The van der Waals surface area contributed by atoms with Gasteiger partial charge in [0.2, 0.25) is 23.5 Å². The zero-order chi connectivity index (χ0) is 37.2. The molecule has 4 aromatic rings. The molecular weight excluding hydrogens is 717 g/mol. The van der Waals surface area contributed by atoms with Crippen molar-refractivity contribution in [3.05, 3.63) is 86.9 Å². The van der Waals surface area contributed by atoms with Crippen LogP contribution in [0.5, 0.6) is 17.6 Å². The molecule has 2 aliphatic heterocycles. The number of nitrogens with one attached hydrogen (secondary N) is 2. The molecule has 2 fully saturated rings. The Balaban J connectivity index is 1.08. The predicted octanol–water partition coefficient (Wildman–Crippen LogP) is 6.72. The first-order valence-electron chi connectivity index (χ1n) is 17.9. The van der Waals surface area contributed by atoms with Crippen LogP contribution in [0.15, 0.2) is 54.6 Å². The quantitative estimate of drug-likeness (QED) is 0.135. The standard InChI is InChI=1S/C40H43Cl2N5O6/c1-22-19-47(21-31(22)40(49)50)20-24-16-32(41)39(46-38(24)52-3)53-34-14-12-27-26(6-4-7-28(27)34)29-8-5-9-30(36(29)42)33-13-10-23(37(45-33)51-2)17-43-18-25-11-15-35(48)44-25/h4-10,13,16,22,25,31,34,43H,11-12,14-15,17-21H2,1-3H3,(H,44,48)(H,49,50)/t22-,25-,31-,34-/m0/s1. The molecule has 4 heterocycles. The first-order valence-corrected chi connectivity index (χ1v) is 18.7. The number of benzene rings is 2. The topological polar surface area (TPSA) is 135 Å². The molecule has 11 nitrogen and oxygen atoms in total. The Morgan fingerprint density at radius 1 is 0.943 bits per heavy atom. The number of nitrogens with zero attached hydrogens (tertiary/aromatic N) is 3. The van der Waals surface area contributed by atoms with Gasteiger partial charge < -0.3 is 30.0 Å². The van der Waals surface area contributed by atoms with E-state index >= 15 is 0 Å². The third-order valence-electron chi connectivity index (χ3n) is 10.5. The summed E-state index contributed by atoms with van der Waals surface area (Å²) in [6.45, 7) is 4.80. The van der Waals surface area contributed by atoms with Gasteiger partial charge in [-0.1, -0.05) is 72.6 Å². The van der Waals surface area contributed by atoms with Crippen LogP contribution >= 0.6 is 23.2 Å². The molecule has 278 valence electrons. The zero-order valence-electron chi connectivity index (χ0n) is 30.0. The number of pyridine rings is 2. The Bertz CT molecular complexity index is 2030. The number of hydrogen-bond donors (Lipinski definition) is 3.